The first-order valence-electron chi connectivity index (χ1n) is 4.59. The second-order valence-corrected chi connectivity index (χ2v) is 3.02. The van der Waals surface area contributed by atoms with E-state index in [1.807, 2.05) is 13.8 Å². The lowest BCUT2D eigenvalue weighted by atomic mass is 9.93. The van der Waals surface area contributed by atoms with Crippen molar-refractivity contribution in [1.29, 1.82) is 0 Å². The molecule has 0 fully saturated rings. The van der Waals surface area contributed by atoms with Gasteiger partial charge in [0.1, 0.15) is 0 Å². The average Bonchev–Trinajstić information content (AvgIpc) is 2.15. The van der Waals surface area contributed by atoms with Crippen LogP contribution in [0, 0.1) is 11.8 Å². The summed E-state index contributed by atoms with van der Waals surface area (Å²) in [6.07, 6.45) is 1.66. The predicted molar refractivity (Wildman–Crippen MR) is 54.0 cm³/mol. The molecule has 0 radical (unpaired) electrons. The Bertz CT molecular complexity index is 213. The first kappa shape index (κ1) is 12.0. The van der Waals surface area contributed by atoms with E-state index >= 15 is 0 Å². The second-order valence-electron chi connectivity index (χ2n) is 3.02. The largest absolute Gasteiger partial charge is 0.339 e. The van der Waals surface area contributed by atoms with Gasteiger partial charge in [-0.05, 0) is 25.7 Å². The lowest BCUT2D eigenvalue weighted by Gasteiger charge is -2.30. The first-order valence-corrected chi connectivity index (χ1v) is 4.59. The monoisotopic (exact) mass is 182 g/mol. The van der Waals surface area contributed by atoms with E-state index < -0.39 is 0 Å². The van der Waals surface area contributed by atoms with Crippen molar-refractivity contribution in [3.05, 3.63) is 0 Å². The molecule has 3 heteroatoms. The maximum atomic E-state index is 11.2. The van der Waals surface area contributed by atoms with Crippen LogP contribution in [0.3, 0.4) is 0 Å². The van der Waals surface area contributed by atoms with Crippen LogP contribution < -0.4 is 11.1 Å². The quantitative estimate of drug-likeness (QED) is 0.627. The normalized spacial score (nSPS) is 10.2. The maximum Gasteiger partial charge on any atom is 0.296 e. The minimum absolute atomic E-state index is 0.239. The number of carbonyl (C=O) groups is 1. The summed E-state index contributed by atoms with van der Waals surface area (Å²) >= 11 is 0. The smallest absolute Gasteiger partial charge is 0.296 e. The number of hydrogen-bond donors (Lipinski definition) is 2. The third kappa shape index (κ3) is 3.47. The van der Waals surface area contributed by atoms with E-state index in [0.717, 1.165) is 12.8 Å². The molecule has 13 heavy (non-hydrogen) atoms. The van der Waals surface area contributed by atoms with Gasteiger partial charge in [-0.2, -0.15) is 0 Å². The highest BCUT2D eigenvalue weighted by molar-refractivity contribution is 5.93. The lowest BCUT2D eigenvalue weighted by Crippen LogP contribution is -2.52. The summed E-state index contributed by atoms with van der Waals surface area (Å²) in [5, 5.41) is 2.84. The van der Waals surface area contributed by atoms with E-state index in [2.05, 4.69) is 17.2 Å². The summed E-state index contributed by atoms with van der Waals surface area (Å²) in [4.78, 5) is 11.2. The topological polar surface area (TPSA) is 55.1 Å². The van der Waals surface area contributed by atoms with Crippen molar-refractivity contribution < 1.29 is 4.79 Å². The zero-order chi connectivity index (χ0) is 10.3. The fourth-order valence-corrected chi connectivity index (χ4v) is 1.15. The van der Waals surface area contributed by atoms with Crippen LogP contribution in [0.15, 0.2) is 0 Å². The van der Waals surface area contributed by atoms with Crippen molar-refractivity contribution in [2.75, 3.05) is 6.54 Å². The molecule has 0 aliphatic heterocycles. The van der Waals surface area contributed by atoms with Crippen LogP contribution in [0.2, 0.25) is 0 Å². The molecule has 0 aromatic carbocycles. The van der Waals surface area contributed by atoms with Crippen molar-refractivity contribution in [1.82, 2.24) is 5.32 Å². The Morgan fingerprint density at radius 3 is 2.31 bits per heavy atom. The molecular formula is C10H18N2O. The number of rotatable bonds is 4. The molecule has 0 saturated heterocycles. The Kier molecular flexibility index (Phi) is 5.17. The van der Waals surface area contributed by atoms with Crippen molar-refractivity contribution in [3.63, 3.8) is 0 Å². The van der Waals surface area contributed by atoms with Gasteiger partial charge in [0, 0.05) is 6.54 Å². The van der Waals surface area contributed by atoms with E-state index in [-0.39, 0.29) is 11.4 Å². The number of nitrogens with two attached hydrogens (primary N) is 1. The second kappa shape index (κ2) is 5.60. The van der Waals surface area contributed by atoms with Gasteiger partial charge in [-0.3, -0.25) is 4.79 Å². The molecule has 0 rings (SSSR count). The molecule has 0 aromatic heterocycles. The van der Waals surface area contributed by atoms with Crippen LogP contribution in [-0.2, 0) is 4.79 Å². The zero-order valence-electron chi connectivity index (χ0n) is 8.61. The summed E-state index contributed by atoms with van der Waals surface area (Å²) in [6, 6.07) is 0. The summed E-state index contributed by atoms with van der Waals surface area (Å²) in [5.41, 5.74) is 5.33. The minimum atomic E-state index is -0.277. The summed E-state index contributed by atoms with van der Waals surface area (Å²) < 4.78 is 0. The molecule has 0 aliphatic rings. The molecule has 0 heterocycles. The lowest BCUT2D eigenvalue weighted by molar-refractivity contribution is -0.117. The fourth-order valence-electron chi connectivity index (χ4n) is 1.15. The standard InChI is InChI=1S/C10H18N2O/c1-4-7-9(13)12-10(5-2,6-3)8-11/h5-6,8,11H2,1-3H3,(H,12,13). The maximum absolute atomic E-state index is 11.2. The molecule has 1 amide bonds. The summed E-state index contributed by atoms with van der Waals surface area (Å²) in [5.74, 6) is 4.77. The van der Waals surface area contributed by atoms with Gasteiger partial charge in [0.05, 0.1) is 5.54 Å². The first-order chi connectivity index (χ1) is 6.14. The Morgan fingerprint density at radius 2 is 2.00 bits per heavy atom. The van der Waals surface area contributed by atoms with Gasteiger partial charge in [0.15, 0.2) is 0 Å². The number of nitrogens with one attached hydrogen (secondary N) is 1. The Balaban J connectivity index is 4.38. The van der Waals surface area contributed by atoms with Gasteiger partial charge in [0.25, 0.3) is 5.91 Å². The highest BCUT2D eigenvalue weighted by Gasteiger charge is 2.25. The SMILES string of the molecule is CC#CC(=O)NC(CC)(CC)CN. The van der Waals surface area contributed by atoms with Crippen molar-refractivity contribution in [3.8, 4) is 11.8 Å². The Labute approximate surface area is 80.1 Å². The minimum Gasteiger partial charge on any atom is -0.339 e. The summed E-state index contributed by atoms with van der Waals surface area (Å²) in [7, 11) is 0. The number of carbonyl (C=O) groups excluding carboxylic acids is 1. The van der Waals surface area contributed by atoms with Gasteiger partial charge < -0.3 is 11.1 Å². The molecule has 0 saturated carbocycles. The van der Waals surface area contributed by atoms with Crippen LogP contribution in [0.1, 0.15) is 33.6 Å². The molecule has 3 N–H and O–H groups in total. The molecule has 0 spiro atoms. The van der Waals surface area contributed by atoms with Crippen LogP contribution in [0.5, 0.6) is 0 Å². The van der Waals surface area contributed by atoms with Gasteiger partial charge in [-0.15, -0.1) is 0 Å². The van der Waals surface area contributed by atoms with Crippen molar-refractivity contribution >= 4 is 5.91 Å². The van der Waals surface area contributed by atoms with Crippen molar-refractivity contribution in [2.24, 2.45) is 5.73 Å². The molecule has 0 unspecified atom stereocenters. The molecule has 0 bridgehead atoms. The van der Waals surface area contributed by atoms with Gasteiger partial charge >= 0.3 is 0 Å². The van der Waals surface area contributed by atoms with Crippen LogP contribution in [0.25, 0.3) is 0 Å². The van der Waals surface area contributed by atoms with Crippen LogP contribution in [0.4, 0.5) is 0 Å². The van der Waals surface area contributed by atoms with Crippen LogP contribution in [-0.4, -0.2) is 18.0 Å². The molecule has 0 atom stereocenters. The van der Waals surface area contributed by atoms with E-state index in [1.54, 1.807) is 6.92 Å². The van der Waals surface area contributed by atoms with E-state index in [9.17, 15) is 4.79 Å². The third-order valence-corrected chi connectivity index (χ3v) is 2.36. The highest BCUT2D eigenvalue weighted by Crippen LogP contribution is 2.12. The highest BCUT2D eigenvalue weighted by atomic mass is 16.1. The molecule has 74 valence electrons. The van der Waals surface area contributed by atoms with Crippen molar-refractivity contribution in [2.45, 2.75) is 39.2 Å². The molecule has 3 nitrogen and oxygen atoms in total. The summed E-state index contributed by atoms with van der Waals surface area (Å²) in [6.45, 7) is 6.12. The Hall–Kier alpha value is -1.01. The number of amides is 1. The van der Waals surface area contributed by atoms with Crippen LogP contribution >= 0.6 is 0 Å². The average molecular weight is 182 g/mol. The zero-order valence-corrected chi connectivity index (χ0v) is 8.61. The Morgan fingerprint density at radius 1 is 1.46 bits per heavy atom. The molecule has 0 aromatic rings. The van der Waals surface area contributed by atoms with Gasteiger partial charge in [0.2, 0.25) is 0 Å². The van der Waals surface area contributed by atoms with Gasteiger partial charge in [-0.1, -0.05) is 19.8 Å². The molecule has 0 aliphatic carbocycles. The van der Waals surface area contributed by atoms with Gasteiger partial charge in [-0.25, -0.2) is 0 Å². The van der Waals surface area contributed by atoms with E-state index in [1.165, 1.54) is 0 Å². The fraction of sp³-hybridized carbons (Fsp3) is 0.700. The van der Waals surface area contributed by atoms with E-state index in [0.29, 0.717) is 6.54 Å². The third-order valence-electron chi connectivity index (χ3n) is 2.36. The predicted octanol–water partition coefficient (Wildman–Crippen LogP) is 0.643. The number of hydrogen-bond acceptors (Lipinski definition) is 2. The van der Waals surface area contributed by atoms with E-state index in [4.69, 9.17) is 5.73 Å². The molecular weight excluding hydrogens is 164 g/mol.